The predicted molar refractivity (Wildman–Crippen MR) is 116 cm³/mol. The summed E-state index contributed by atoms with van der Waals surface area (Å²) >= 11 is 0. The summed E-state index contributed by atoms with van der Waals surface area (Å²) in [5.41, 5.74) is 1.72. The van der Waals surface area contributed by atoms with Gasteiger partial charge in [0.1, 0.15) is 23.1 Å². The molecule has 0 spiro atoms. The van der Waals surface area contributed by atoms with E-state index < -0.39 is 5.92 Å². The number of para-hydroxylation sites is 1. The summed E-state index contributed by atoms with van der Waals surface area (Å²) in [5.74, 6) is 1.67. The highest BCUT2D eigenvalue weighted by Gasteiger charge is 2.20. The average molecular weight is 390 g/mol. The third-order valence-electron chi connectivity index (χ3n) is 4.46. The monoisotopic (exact) mass is 390 g/mol. The van der Waals surface area contributed by atoms with Crippen LogP contribution in [0.15, 0.2) is 90.8 Å². The summed E-state index contributed by atoms with van der Waals surface area (Å²) in [6, 6.07) is 24.8. The van der Waals surface area contributed by atoms with E-state index in [-0.39, 0.29) is 11.7 Å². The lowest BCUT2D eigenvalue weighted by Crippen LogP contribution is -2.04. The van der Waals surface area contributed by atoms with Crippen molar-refractivity contribution in [1.82, 2.24) is 0 Å². The predicted octanol–water partition coefficient (Wildman–Crippen LogP) is 7.52. The van der Waals surface area contributed by atoms with Gasteiger partial charge in [-0.05, 0) is 66.4 Å². The third kappa shape index (κ3) is 5.71. The van der Waals surface area contributed by atoms with Crippen LogP contribution in [0.1, 0.15) is 37.8 Å². The van der Waals surface area contributed by atoms with E-state index in [1.54, 1.807) is 6.08 Å². The molecule has 0 radical (unpaired) electrons. The molecule has 150 valence electrons. The van der Waals surface area contributed by atoms with Gasteiger partial charge in [-0.3, -0.25) is 0 Å². The molecule has 0 heterocycles. The van der Waals surface area contributed by atoms with Crippen molar-refractivity contribution in [3.63, 3.8) is 0 Å². The van der Waals surface area contributed by atoms with Crippen LogP contribution >= 0.6 is 0 Å². The average Bonchev–Trinajstić information content (AvgIpc) is 2.70. The van der Waals surface area contributed by atoms with Gasteiger partial charge >= 0.3 is 0 Å². The zero-order valence-electron chi connectivity index (χ0n) is 17.1. The van der Waals surface area contributed by atoms with Gasteiger partial charge in [0.25, 0.3) is 0 Å². The Labute approximate surface area is 172 Å². The maximum atomic E-state index is 15.3. The van der Waals surface area contributed by atoms with E-state index in [2.05, 4.69) is 0 Å². The quantitative estimate of drug-likeness (QED) is 0.396. The first kappa shape index (κ1) is 20.7. The van der Waals surface area contributed by atoms with Gasteiger partial charge in [-0.25, -0.2) is 4.39 Å². The third-order valence-corrected chi connectivity index (χ3v) is 4.46. The van der Waals surface area contributed by atoms with Gasteiger partial charge in [0.05, 0.1) is 12.5 Å². The van der Waals surface area contributed by atoms with Crippen LogP contribution in [0.5, 0.6) is 17.2 Å². The fraction of sp³-hybridized carbons (Fsp3) is 0.231. The molecule has 3 aromatic rings. The minimum absolute atomic E-state index is 0.115. The highest BCUT2D eigenvalue weighted by molar-refractivity contribution is 5.44. The Morgan fingerprint density at radius 2 is 1.52 bits per heavy atom. The minimum atomic E-state index is -0.493. The number of hydrogen-bond donors (Lipinski definition) is 0. The number of allylic oxidation sites excluding steroid dienone is 2. The summed E-state index contributed by atoms with van der Waals surface area (Å²) in [6.07, 6.45) is 1.67. The molecule has 0 aliphatic heterocycles. The van der Waals surface area contributed by atoms with Gasteiger partial charge in [-0.1, -0.05) is 56.3 Å². The topological polar surface area (TPSA) is 18.5 Å². The van der Waals surface area contributed by atoms with Crippen LogP contribution in [0.2, 0.25) is 0 Å². The minimum Gasteiger partial charge on any atom is -0.494 e. The first-order chi connectivity index (χ1) is 14.1. The van der Waals surface area contributed by atoms with E-state index in [4.69, 9.17) is 9.47 Å². The summed E-state index contributed by atoms with van der Waals surface area (Å²) in [7, 11) is 0. The first-order valence-electron chi connectivity index (χ1n) is 9.99. The first-order valence-corrected chi connectivity index (χ1v) is 9.99. The second-order valence-electron chi connectivity index (χ2n) is 7.22. The van der Waals surface area contributed by atoms with Gasteiger partial charge < -0.3 is 9.47 Å². The molecule has 0 amide bonds. The molecule has 1 atom stereocenters. The summed E-state index contributed by atoms with van der Waals surface area (Å²) in [6.45, 7) is 6.50. The summed E-state index contributed by atoms with van der Waals surface area (Å²) < 4.78 is 26.8. The molecular formula is C26H27FO2. The molecule has 0 aliphatic carbocycles. The van der Waals surface area contributed by atoms with Crippen molar-refractivity contribution in [3.05, 3.63) is 102 Å². The molecule has 3 aromatic carbocycles. The number of benzene rings is 3. The van der Waals surface area contributed by atoms with Crippen LogP contribution in [-0.2, 0) is 0 Å². The fourth-order valence-corrected chi connectivity index (χ4v) is 3.23. The maximum Gasteiger partial charge on any atom is 0.127 e. The Balaban J connectivity index is 1.96. The normalized spacial score (nSPS) is 12.7. The number of halogens is 1. The largest absolute Gasteiger partial charge is 0.494 e. The molecular weight excluding hydrogens is 363 g/mol. The lowest BCUT2D eigenvalue weighted by molar-refractivity contribution is 0.340. The van der Waals surface area contributed by atoms with E-state index in [0.29, 0.717) is 12.4 Å². The van der Waals surface area contributed by atoms with Crippen LogP contribution in [0, 0.1) is 5.92 Å². The van der Waals surface area contributed by atoms with Crippen molar-refractivity contribution in [2.24, 2.45) is 5.92 Å². The second kappa shape index (κ2) is 9.92. The van der Waals surface area contributed by atoms with Crippen molar-refractivity contribution < 1.29 is 13.9 Å². The number of rotatable bonds is 8. The molecule has 0 saturated carbocycles. The Bertz CT molecular complexity index is 930. The van der Waals surface area contributed by atoms with Gasteiger partial charge in [-0.2, -0.15) is 0 Å². The number of hydrogen-bond acceptors (Lipinski definition) is 2. The van der Waals surface area contributed by atoms with Crippen molar-refractivity contribution >= 4 is 0 Å². The van der Waals surface area contributed by atoms with Crippen LogP contribution in [0.25, 0.3) is 0 Å². The van der Waals surface area contributed by atoms with Gasteiger partial charge in [0, 0.05) is 0 Å². The molecule has 3 rings (SSSR count). The van der Waals surface area contributed by atoms with Crippen molar-refractivity contribution in [2.75, 3.05) is 6.61 Å². The van der Waals surface area contributed by atoms with E-state index in [0.717, 1.165) is 22.6 Å². The molecule has 1 unspecified atom stereocenters. The van der Waals surface area contributed by atoms with E-state index in [1.165, 1.54) is 0 Å². The lowest BCUT2D eigenvalue weighted by atomic mass is 9.89. The Morgan fingerprint density at radius 1 is 0.828 bits per heavy atom. The van der Waals surface area contributed by atoms with Crippen LogP contribution in [0.4, 0.5) is 4.39 Å². The molecule has 0 bridgehead atoms. The van der Waals surface area contributed by atoms with Gasteiger partial charge in [-0.15, -0.1) is 0 Å². The fourth-order valence-electron chi connectivity index (χ4n) is 3.23. The Hall–Kier alpha value is -3.07. The Kier molecular flexibility index (Phi) is 7.07. The molecule has 29 heavy (non-hydrogen) atoms. The van der Waals surface area contributed by atoms with Crippen LogP contribution < -0.4 is 9.47 Å². The SMILES string of the molecule is CCOc1ccc(C(C(F)=CC(C)C)c2cccc(Oc3ccccc3)c2)cc1. The lowest BCUT2D eigenvalue weighted by Gasteiger charge is -2.19. The van der Waals surface area contributed by atoms with Gasteiger partial charge in [0.15, 0.2) is 0 Å². The molecule has 3 heteroatoms. The highest BCUT2D eigenvalue weighted by Crippen LogP contribution is 2.36. The molecule has 0 fully saturated rings. The maximum absolute atomic E-state index is 15.3. The highest BCUT2D eigenvalue weighted by atomic mass is 19.1. The smallest absolute Gasteiger partial charge is 0.127 e. The Morgan fingerprint density at radius 3 is 2.17 bits per heavy atom. The van der Waals surface area contributed by atoms with Crippen LogP contribution in [-0.4, -0.2) is 6.61 Å². The van der Waals surface area contributed by atoms with Crippen molar-refractivity contribution in [1.29, 1.82) is 0 Å². The number of ether oxygens (including phenoxy) is 2. The standard InChI is InChI=1S/C26H27FO2/c1-4-28-22-15-13-20(14-16-22)26(25(27)17-19(2)3)21-9-8-12-24(18-21)29-23-10-6-5-7-11-23/h5-19,26H,4H2,1-3H3. The van der Waals surface area contributed by atoms with E-state index >= 15 is 4.39 Å². The molecule has 2 nitrogen and oxygen atoms in total. The second-order valence-corrected chi connectivity index (χ2v) is 7.22. The van der Waals surface area contributed by atoms with E-state index in [1.807, 2.05) is 99.6 Å². The zero-order chi connectivity index (χ0) is 20.6. The molecule has 0 aliphatic rings. The molecule has 0 saturated heterocycles. The summed E-state index contributed by atoms with van der Waals surface area (Å²) in [4.78, 5) is 0. The van der Waals surface area contributed by atoms with Gasteiger partial charge in [0.2, 0.25) is 0 Å². The van der Waals surface area contributed by atoms with E-state index in [9.17, 15) is 0 Å². The summed E-state index contributed by atoms with van der Waals surface area (Å²) in [5, 5.41) is 0. The van der Waals surface area contributed by atoms with Crippen molar-refractivity contribution in [2.45, 2.75) is 26.7 Å². The molecule has 0 N–H and O–H groups in total. The van der Waals surface area contributed by atoms with Crippen molar-refractivity contribution in [3.8, 4) is 17.2 Å². The zero-order valence-corrected chi connectivity index (χ0v) is 17.1. The molecule has 0 aromatic heterocycles. The van der Waals surface area contributed by atoms with Crippen LogP contribution in [0.3, 0.4) is 0 Å².